The number of rotatable bonds is 11. The van der Waals surface area contributed by atoms with Crippen LogP contribution in [0.1, 0.15) is 85.5 Å². The molecule has 0 amide bonds. The molecule has 0 N–H and O–H groups in total. The molecule has 6 heteroatoms. The summed E-state index contributed by atoms with van der Waals surface area (Å²) in [6.45, 7) is 9.19. The molecule has 0 aromatic rings. The van der Waals surface area contributed by atoms with Crippen LogP contribution in [0.5, 0.6) is 0 Å². The molecule has 3 unspecified atom stereocenters. The van der Waals surface area contributed by atoms with Gasteiger partial charge >= 0.3 is 12.3 Å². The van der Waals surface area contributed by atoms with Gasteiger partial charge in [-0.05, 0) is 43.9 Å². The number of carbonyl (C=O) groups is 2. The van der Waals surface area contributed by atoms with E-state index in [2.05, 4.69) is 27.7 Å². The van der Waals surface area contributed by atoms with Crippen molar-refractivity contribution in [2.45, 2.75) is 97.7 Å². The molecule has 158 valence electrons. The van der Waals surface area contributed by atoms with Gasteiger partial charge in [-0.25, -0.2) is 9.59 Å². The van der Waals surface area contributed by atoms with E-state index in [1.807, 2.05) is 0 Å². The standard InChI is InChI=1S/C21H38O6/c1-5-7-9-17(6-2)15-25-21(23)27-19-11-8-10-18(14-19)26-20(22)24-13-12-16(3)4/h16-19H,5-15H2,1-4H3. The molecule has 0 heterocycles. The van der Waals surface area contributed by atoms with Crippen molar-refractivity contribution in [2.24, 2.45) is 11.8 Å². The first-order valence-corrected chi connectivity index (χ1v) is 10.6. The lowest BCUT2D eigenvalue weighted by molar-refractivity contribution is -0.0376. The summed E-state index contributed by atoms with van der Waals surface area (Å²) >= 11 is 0. The average Bonchev–Trinajstić information content (AvgIpc) is 2.62. The van der Waals surface area contributed by atoms with Crippen LogP contribution < -0.4 is 0 Å². The summed E-state index contributed by atoms with van der Waals surface area (Å²) in [5, 5.41) is 0. The number of hydrogen-bond donors (Lipinski definition) is 0. The highest BCUT2D eigenvalue weighted by Crippen LogP contribution is 2.24. The second-order valence-electron chi connectivity index (χ2n) is 7.90. The van der Waals surface area contributed by atoms with Gasteiger partial charge in [0.25, 0.3) is 0 Å². The van der Waals surface area contributed by atoms with E-state index in [4.69, 9.17) is 18.9 Å². The summed E-state index contributed by atoms with van der Waals surface area (Å²) in [5.74, 6) is 0.867. The van der Waals surface area contributed by atoms with E-state index in [1.165, 1.54) is 0 Å². The Morgan fingerprint density at radius 2 is 1.59 bits per heavy atom. The quantitative estimate of drug-likeness (QED) is 0.414. The molecule has 6 nitrogen and oxygen atoms in total. The Labute approximate surface area is 164 Å². The van der Waals surface area contributed by atoms with E-state index in [1.54, 1.807) is 0 Å². The van der Waals surface area contributed by atoms with E-state index < -0.39 is 12.3 Å². The lowest BCUT2D eigenvalue weighted by Crippen LogP contribution is -2.32. The first kappa shape index (κ1) is 23.6. The zero-order valence-corrected chi connectivity index (χ0v) is 17.5. The van der Waals surface area contributed by atoms with Crippen LogP contribution in [0.4, 0.5) is 9.59 Å². The van der Waals surface area contributed by atoms with E-state index in [-0.39, 0.29) is 12.2 Å². The third kappa shape index (κ3) is 11.1. The Morgan fingerprint density at radius 3 is 2.15 bits per heavy atom. The molecule has 0 radical (unpaired) electrons. The summed E-state index contributed by atoms with van der Waals surface area (Å²) in [4.78, 5) is 23.7. The number of unbranched alkanes of at least 4 members (excludes halogenated alkanes) is 1. The number of carbonyl (C=O) groups excluding carboxylic acids is 2. The fraction of sp³-hybridized carbons (Fsp3) is 0.905. The predicted molar refractivity (Wildman–Crippen MR) is 104 cm³/mol. The predicted octanol–water partition coefficient (Wildman–Crippen LogP) is 5.87. The van der Waals surface area contributed by atoms with Crippen molar-refractivity contribution in [3.8, 4) is 0 Å². The number of hydrogen-bond acceptors (Lipinski definition) is 6. The van der Waals surface area contributed by atoms with Crippen molar-refractivity contribution in [1.82, 2.24) is 0 Å². The molecular formula is C21H38O6. The summed E-state index contributed by atoms with van der Waals surface area (Å²) in [6.07, 6.45) is 6.26. The molecule has 0 bridgehead atoms. The minimum atomic E-state index is -0.634. The lowest BCUT2D eigenvalue weighted by Gasteiger charge is -2.28. The van der Waals surface area contributed by atoms with Gasteiger partial charge in [0.2, 0.25) is 0 Å². The molecule has 0 spiro atoms. The van der Waals surface area contributed by atoms with Crippen LogP contribution >= 0.6 is 0 Å². The van der Waals surface area contributed by atoms with Gasteiger partial charge < -0.3 is 18.9 Å². The second kappa shape index (κ2) is 13.7. The van der Waals surface area contributed by atoms with Crippen molar-refractivity contribution < 1.29 is 28.5 Å². The normalized spacial score (nSPS) is 20.8. The molecule has 0 saturated heterocycles. The van der Waals surface area contributed by atoms with Crippen molar-refractivity contribution >= 4 is 12.3 Å². The minimum absolute atomic E-state index is 0.268. The van der Waals surface area contributed by atoms with Crippen LogP contribution in [0.25, 0.3) is 0 Å². The van der Waals surface area contributed by atoms with Gasteiger partial charge in [0, 0.05) is 6.42 Å². The molecule has 0 aliphatic heterocycles. The molecule has 1 aliphatic rings. The minimum Gasteiger partial charge on any atom is -0.434 e. The first-order chi connectivity index (χ1) is 12.9. The maximum atomic E-state index is 12.0. The summed E-state index contributed by atoms with van der Waals surface area (Å²) < 4.78 is 21.2. The molecule has 1 rings (SSSR count). The average molecular weight is 387 g/mol. The first-order valence-electron chi connectivity index (χ1n) is 10.6. The Hall–Kier alpha value is -1.46. The van der Waals surface area contributed by atoms with Gasteiger partial charge in [-0.15, -0.1) is 0 Å². The van der Waals surface area contributed by atoms with Crippen molar-refractivity contribution in [2.75, 3.05) is 13.2 Å². The Bertz CT molecular complexity index is 423. The molecular weight excluding hydrogens is 348 g/mol. The number of ether oxygens (including phenoxy) is 4. The van der Waals surface area contributed by atoms with Gasteiger partial charge in [-0.2, -0.15) is 0 Å². The molecule has 27 heavy (non-hydrogen) atoms. The van der Waals surface area contributed by atoms with Crippen LogP contribution in [0.2, 0.25) is 0 Å². The molecule has 3 atom stereocenters. The highest BCUT2D eigenvalue weighted by Gasteiger charge is 2.28. The van der Waals surface area contributed by atoms with Crippen molar-refractivity contribution in [3.63, 3.8) is 0 Å². The van der Waals surface area contributed by atoms with Crippen LogP contribution in [-0.2, 0) is 18.9 Å². The summed E-state index contributed by atoms with van der Waals surface area (Å²) in [7, 11) is 0. The largest absolute Gasteiger partial charge is 0.508 e. The molecule has 1 saturated carbocycles. The van der Waals surface area contributed by atoms with E-state index >= 15 is 0 Å². The van der Waals surface area contributed by atoms with Gasteiger partial charge in [0.05, 0.1) is 13.2 Å². The van der Waals surface area contributed by atoms with E-state index in [0.29, 0.717) is 31.5 Å². The maximum absolute atomic E-state index is 12.0. The summed E-state index contributed by atoms with van der Waals surface area (Å²) in [5.41, 5.74) is 0. The lowest BCUT2D eigenvalue weighted by atomic mass is 9.95. The van der Waals surface area contributed by atoms with Gasteiger partial charge in [-0.3, -0.25) is 0 Å². The third-order valence-electron chi connectivity index (χ3n) is 5.00. The molecule has 0 aromatic carbocycles. The summed E-state index contributed by atoms with van der Waals surface area (Å²) in [6, 6.07) is 0. The third-order valence-corrected chi connectivity index (χ3v) is 5.00. The smallest absolute Gasteiger partial charge is 0.434 e. The monoisotopic (exact) mass is 386 g/mol. The van der Waals surface area contributed by atoms with E-state index in [9.17, 15) is 9.59 Å². The highest BCUT2D eigenvalue weighted by molar-refractivity contribution is 5.60. The van der Waals surface area contributed by atoms with Crippen LogP contribution in [0.3, 0.4) is 0 Å². The SMILES string of the molecule is CCCCC(CC)COC(=O)OC1CCCC(OC(=O)OCCC(C)C)C1. The Morgan fingerprint density at radius 1 is 0.963 bits per heavy atom. The van der Waals surface area contributed by atoms with Crippen molar-refractivity contribution in [1.29, 1.82) is 0 Å². The molecule has 1 fully saturated rings. The van der Waals surface area contributed by atoms with Gasteiger partial charge in [0.1, 0.15) is 12.2 Å². The molecule has 0 aromatic heterocycles. The topological polar surface area (TPSA) is 71.1 Å². The zero-order chi connectivity index (χ0) is 20.1. The van der Waals surface area contributed by atoms with Crippen LogP contribution in [0, 0.1) is 11.8 Å². The Kier molecular flexibility index (Phi) is 11.9. The molecule has 1 aliphatic carbocycles. The van der Waals surface area contributed by atoms with Crippen LogP contribution in [0.15, 0.2) is 0 Å². The maximum Gasteiger partial charge on any atom is 0.508 e. The Balaban J connectivity index is 2.27. The zero-order valence-electron chi connectivity index (χ0n) is 17.5. The van der Waals surface area contributed by atoms with Gasteiger partial charge in [-0.1, -0.05) is 47.0 Å². The fourth-order valence-corrected chi connectivity index (χ4v) is 3.12. The fourth-order valence-electron chi connectivity index (χ4n) is 3.12. The second-order valence-corrected chi connectivity index (χ2v) is 7.90. The van der Waals surface area contributed by atoms with Crippen molar-refractivity contribution in [3.05, 3.63) is 0 Å². The van der Waals surface area contributed by atoms with Crippen LogP contribution in [-0.4, -0.2) is 37.7 Å². The highest BCUT2D eigenvalue weighted by atomic mass is 16.7. The van der Waals surface area contributed by atoms with E-state index in [0.717, 1.165) is 51.4 Å². The van der Waals surface area contributed by atoms with Gasteiger partial charge in [0.15, 0.2) is 0 Å².